The Bertz CT molecular complexity index is 548. The number of nitrogens with zero attached hydrogens (tertiary/aromatic N) is 1. The summed E-state index contributed by atoms with van der Waals surface area (Å²) in [7, 11) is 0. The molecule has 98 valence electrons. The predicted molar refractivity (Wildman–Crippen MR) is 80.5 cm³/mol. The maximum atomic E-state index is 11.7. The van der Waals surface area contributed by atoms with Crippen molar-refractivity contribution in [3.8, 4) is 0 Å². The van der Waals surface area contributed by atoms with Crippen LogP contribution in [-0.4, -0.2) is 16.6 Å². The van der Waals surface area contributed by atoms with Gasteiger partial charge in [-0.1, -0.05) is 29.8 Å². The predicted octanol–water partition coefficient (Wildman–Crippen LogP) is 3.61. The molecule has 0 fully saturated rings. The summed E-state index contributed by atoms with van der Waals surface area (Å²) in [6.07, 6.45) is 1.65. The largest absolute Gasteiger partial charge is 0.310 e. The highest BCUT2D eigenvalue weighted by Crippen LogP contribution is 2.16. The van der Waals surface area contributed by atoms with Crippen LogP contribution in [0.25, 0.3) is 0 Å². The van der Waals surface area contributed by atoms with E-state index in [1.54, 1.807) is 24.0 Å². The van der Waals surface area contributed by atoms with Gasteiger partial charge in [-0.2, -0.15) is 0 Å². The minimum Gasteiger partial charge on any atom is -0.310 e. The number of halogens is 1. The van der Waals surface area contributed by atoms with Crippen LogP contribution in [0.1, 0.15) is 5.56 Å². The lowest BCUT2D eigenvalue weighted by molar-refractivity contribution is -0.113. The number of hydrogen-bond acceptors (Lipinski definition) is 3. The van der Waals surface area contributed by atoms with Crippen molar-refractivity contribution in [1.82, 2.24) is 4.98 Å². The molecule has 1 N–H and O–H groups in total. The second kappa shape index (κ2) is 7.16. The number of hydrogen-bond donors (Lipinski definition) is 1. The van der Waals surface area contributed by atoms with E-state index in [9.17, 15) is 4.79 Å². The molecule has 5 heteroatoms. The molecule has 0 saturated carbocycles. The Labute approximate surface area is 121 Å². The summed E-state index contributed by atoms with van der Waals surface area (Å²) in [6.45, 7) is 0. The topological polar surface area (TPSA) is 42.0 Å². The molecule has 0 aliphatic carbocycles. The van der Waals surface area contributed by atoms with Gasteiger partial charge in [-0.25, -0.2) is 4.98 Å². The molecule has 0 radical (unpaired) electrons. The average Bonchev–Trinajstić information content (AvgIpc) is 2.40. The number of anilines is 1. The number of carbonyl (C=O) groups excluding carboxylic acids is 1. The Morgan fingerprint density at radius 2 is 2.16 bits per heavy atom. The number of aromatic nitrogens is 1. The SMILES string of the molecule is O=C(CSCc1cccc(Cl)c1)Nc1ccccn1. The van der Waals surface area contributed by atoms with Crippen LogP contribution in [-0.2, 0) is 10.5 Å². The molecule has 0 aliphatic heterocycles. The molecule has 1 heterocycles. The van der Waals surface area contributed by atoms with Crippen LogP contribution in [0.3, 0.4) is 0 Å². The molecule has 1 amide bonds. The molecule has 0 aliphatic rings. The van der Waals surface area contributed by atoms with Gasteiger partial charge in [0.2, 0.25) is 5.91 Å². The van der Waals surface area contributed by atoms with Gasteiger partial charge in [-0.05, 0) is 29.8 Å². The maximum absolute atomic E-state index is 11.7. The monoisotopic (exact) mass is 292 g/mol. The van der Waals surface area contributed by atoms with Gasteiger partial charge in [0.15, 0.2) is 0 Å². The molecule has 0 unspecified atom stereocenters. The van der Waals surface area contributed by atoms with Crippen molar-refractivity contribution in [2.75, 3.05) is 11.1 Å². The minimum atomic E-state index is -0.0503. The van der Waals surface area contributed by atoms with Gasteiger partial charge >= 0.3 is 0 Å². The summed E-state index contributed by atoms with van der Waals surface area (Å²) in [5.74, 6) is 1.68. The fraction of sp³-hybridized carbons (Fsp3) is 0.143. The maximum Gasteiger partial charge on any atom is 0.235 e. The quantitative estimate of drug-likeness (QED) is 0.915. The lowest BCUT2D eigenvalue weighted by Gasteiger charge is -2.04. The zero-order valence-electron chi connectivity index (χ0n) is 10.2. The Morgan fingerprint density at radius 3 is 2.89 bits per heavy atom. The fourth-order valence-electron chi connectivity index (χ4n) is 1.50. The van der Waals surface area contributed by atoms with Crippen LogP contribution < -0.4 is 5.32 Å². The van der Waals surface area contributed by atoms with Gasteiger partial charge < -0.3 is 5.32 Å². The summed E-state index contributed by atoms with van der Waals surface area (Å²) in [5, 5.41) is 3.46. The summed E-state index contributed by atoms with van der Waals surface area (Å²) in [5.41, 5.74) is 1.11. The first-order valence-corrected chi connectivity index (χ1v) is 7.30. The van der Waals surface area contributed by atoms with E-state index in [4.69, 9.17) is 11.6 Å². The van der Waals surface area contributed by atoms with E-state index in [0.29, 0.717) is 11.6 Å². The molecular weight excluding hydrogens is 280 g/mol. The number of thioether (sulfide) groups is 1. The third-order valence-electron chi connectivity index (χ3n) is 2.32. The molecular formula is C14H13ClN2OS. The van der Waals surface area contributed by atoms with Crippen molar-refractivity contribution in [3.63, 3.8) is 0 Å². The molecule has 1 aromatic heterocycles. The summed E-state index contributed by atoms with van der Waals surface area (Å²) < 4.78 is 0. The van der Waals surface area contributed by atoms with E-state index >= 15 is 0 Å². The average molecular weight is 293 g/mol. The highest BCUT2D eigenvalue weighted by Gasteiger charge is 2.03. The van der Waals surface area contributed by atoms with Gasteiger partial charge in [0, 0.05) is 17.0 Å². The van der Waals surface area contributed by atoms with Crippen molar-refractivity contribution in [3.05, 3.63) is 59.2 Å². The first-order valence-electron chi connectivity index (χ1n) is 5.77. The van der Waals surface area contributed by atoms with Crippen molar-refractivity contribution in [2.24, 2.45) is 0 Å². The Kier molecular flexibility index (Phi) is 5.24. The molecule has 2 aromatic rings. The normalized spacial score (nSPS) is 10.2. The third kappa shape index (κ3) is 4.93. The van der Waals surface area contributed by atoms with Crippen LogP contribution in [0.4, 0.5) is 5.82 Å². The first-order chi connectivity index (χ1) is 9.24. The standard InChI is InChI=1S/C14H13ClN2OS/c15-12-5-3-4-11(8-12)9-19-10-14(18)17-13-6-1-2-7-16-13/h1-8H,9-10H2,(H,16,17,18). The third-order valence-corrected chi connectivity index (χ3v) is 3.56. The molecule has 0 spiro atoms. The van der Waals surface area contributed by atoms with Gasteiger partial charge in [-0.15, -0.1) is 11.8 Å². The molecule has 2 rings (SSSR count). The molecule has 19 heavy (non-hydrogen) atoms. The fourth-order valence-corrected chi connectivity index (χ4v) is 2.49. The van der Waals surface area contributed by atoms with E-state index in [2.05, 4.69) is 10.3 Å². The molecule has 0 saturated heterocycles. The van der Waals surface area contributed by atoms with Crippen LogP contribution >= 0.6 is 23.4 Å². The van der Waals surface area contributed by atoms with Crippen LogP contribution in [0, 0.1) is 0 Å². The van der Waals surface area contributed by atoms with E-state index in [1.165, 1.54) is 0 Å². The summed E-state index contributed by atoms with van der Waals surface area (Å²) in [4.78, 5) is 15.7. The first kappa shape index (κ1) is 13.9. The van der Waals surface area contributed by atoms with Crippen LogP contribution in [0.15, 0.2) is 48.7 Å². The van der Waals surface area contributed by atoms with E-state index in [1.807, 2.05) is 36.4 Å². The number of nitrogens with one attached hydrogen (secondary N) is 1. The molecule has 3 nitrogen and oxygen atoms in total. The number of carbonyl (C=O) groups is 1. The van der Waals surface area contributed by atoms with E-state index in [-0.39, 0.29) is 5.91 Å². The van der Waals surface area contributed by atoms with Crippen LogP contribution in [0.2, 0.25) is 5.02 Å². The smallest absolute Gasteiger partial charge is 0.235 e. The molecule has 0 bridgehead atoms. The highest BCUT2D eigenvalue weighted by atomic mass is 35.5. The number of benzene rings is 1. The lowest BCUT2D eigenvalue weighted by Crippen LogP contribution is -2.14. The van der Waals surface area contributed by atoms with Gasteiger partial charge in [0.25, 0.3) is 0 Å². The van der Waals surface area contributed by atoms with Gasteiger partial charge in [-0.3, -0.25) is 4.79 Å². The molecule has 1 aromatic carbocycles. The highest BCUT2D eigenvalue weighted by molar-refractivity contribution is 7.99. The van der Waals surface area contributed by atoms with Crippen molar-refractivity contribution in [2.45, 2.75) is 5.75 Å². The zero-order valence-corrected chi connectivity index (χ0v) is 11.7. The van der Waals surface area contributed by atoms with E-state index < -0.39 is 0 Å². The van der Waals surface area contributed by atoms with Crippen LogP contribution in [0.5, 0.6) is 0 Å². The summed E-state index contributed by atoms with van der Waals surface area (Å²) in [6, 6.07) is 13.1. The Morgan fingerprint density at radius 1 is 1.26 bits per heavy atom. The Balaban J connectivity index is 1.75. The Hall–Kier alpha value is -1.52. The summed E-state index contributed by atoms with van der Waals surface area (Å²) >= 11 is 7.44. The lowest BCUT2D eigenvalue weighted by atomic mass is 10.2. The second-order valence-corrected chi connectivity index (χ2v) is 5.31. The molecule has 0 atom stereocenters. The number of pyridine rings is 1. The van der Waals surface area contributed by atoms with Crippen molar-refractivity contribution >= 4 is 35.1 Å². The second-order valence-electron chi connectivity index (χ2n) is 3.89. The minimum absolute atomic E-state index is 0.0503. The number of amides is 1. The van der Waals surface area contributed by atoms with Gasteiger partial charge in [0.1, 0.15) is 5.82 Å². The number of rotatable bonds is 5. The van der Waals surface area contributed by atoms with E-state index in [0.717, 1.165) is 16.3 Å². The van der Waals surface area contributed by atoms with Crippen molar-refractivity contribution in [1.29, 1.82) is 0 Å². The zero-order chi connectivity index (χ0) is 13.5. The van der Waals surface area contributed by atoms with Gasteiger partial charge in [0.05, 0.1) is 5.75 Å². The van der Waals surface area contributed by atoms with Crippen molar-refractivity contribution < 1.29 is 4.79 Å².